The van der Waals surface area contributed by atoms with Crippen LogP contribution in [0, 0.1) is 0 Å². The molecule has 0 saturated carbocycles. The molecule has 6 rings (SSSR count). The average Bonchev–Trinajstić information content (AvgIpc) is 2.95. The van der Waals surface area contributed by atoms with E-state index in [-0.39, 0.29) is 57.2 Å². The second-order valence-electron chi connectivity index (χ2n) is 10.7. The van der Waals surface area contributed by atoms with Gasteiger partial charge in [-0.25, -0.2) is 0 Å². The average molecular weight is 609 g/mol. The highest BCUT2D eigenvalue weighted by molar-refractivity contribution is 5.66. The molecule has 2 aliphatic rings. The molecule has 10 N–H and O–H groups in total. The predicted octanol–water partition coefficient (Wildman–Crippen LogP) is 3.00. The first kappa shape index (κ1) is 28.7. The molecule has 0 unspecified atom stereocenters. The zero-order chi connectivity index (χ0) is 31.6. The molecule has 0 aliphatic carbocycles. The molecule has 0 saturated heterocycles. The van der Waals surface area contributed by atoms with E-state index in [1.807, 2.05) is 0 Å². The third-order valence-corrected chi connectivity index (χ3v) is 7.95. The van der Waals surface area contributed by atoms with Gasteiger partial charge >= 0.3 is 0 Å². The highest BCUT2D eigenvalue weighted by Crippen LogP contribution is 2.57. The molecule has 2 heterocycles. The molecular formula is C31H28O13. The molecular weight excluding hydrogens is 580 g/mol. The van der Waals surface area contributed by atoms with Crippen molar-refractivity contribution in [2.45, 2.75) is 36.8 Å². The third-order valence-electron chi connectivity index (χ3n) is 7.95. The van der Waals surface area contributed by atoms with Crippen molar-refractivity contribution >= 4 is 0 Å². The molecule has 0 spiro atoms. The van der Waals surface area contributed by atoms with Gasteiger partial charge in [0, 0.05) is 46.9 Å². The summed E-state index contributed by atoms with van der Waals surface area (Å²) in [5.41, 5.74) is 0.190. The lowest BCUT2D eigenvalue weighted by Crippen LogP contribution is -2.36. The predicted molar refractivity (Wildman–Crippen MR) is 150 cm³/mol. The Balaban J connectivity index is 1.55. The third kappa shape index (κ3) is 4.49. The number of rotatable bonds is 4. The van der Waals surface area contributed by atoms with Crippen LogP contribution in [0.3, 0.4) is 0 Å². The molecule has 13 heteroatoms. The largest absolute Gasteiger partial charge is 0.508 e. The van der Waals surface area contributed by atoms with Crippen LogP contribution in [0.5, 0.6) is 63.2 Å². The fourth-order valence-corrected chi connectivity index (χ4v) is 5.98. The number of ether oxygens (including phenoxy) is 3. The minimum Gasteiger partial charge on any atom is -0.508 e. The van der Waals surface area contributed by atoms with Gasteiger partial charge in [0.1, 0.15) is 40.6 Å². The van der Waals surface area contributed by atoms with Gasteiger partial charge in [-0.2, -0.15) is 0 Å². The van der Waals surface area contributed by atoms with Crippen LogP contribution < -0.4 is 14.2 Å². The topological polar surface area (TPSA) is 230 Å². The monoisotopic (exact) mass is 608 g/mol. The van der Waals surface area contributed by atoms with Crippen LogP contribution in [0.25, 0.3) is 0 Å². The standard InChI is InChI=1S/C31H28O13/c1-42-31-20(38)5-12(6-21(31)39)28-22(40)9-14-16(34)10-19(37)25(30(14)44-28)26-24-18(36)7-13(32)8-23(24)43-29(27(26)41)11-2-3-15(33)17(35)4-11/h2-8,10,22,26-29,32-41H,9H2,1H3/t22-,26+,27+,28+,29+/m0/s1. The lowest BCUT2D eigenvalue weighted by Gasteiger charge is -2.40. The van der Waals surface area contributed by atoms with Crippen LogP contribution in [0.4, 0.5) is 0 Å². The number of phenols is 8. The van der Waals surface area contributed by atoms with Gasteiger partial charge in [0.25, 0.3) is 0 Å². The fraction of sp³-hybridized carbons (Fsp3) is 0.226. The lowest BCUT2D eigenvalue weighted by molar-refractivity contribution is 0.00113. The van der Waals surface area contributed by atoms with E-state index in [1.165, 1.54) is 37.4 Å². The first-order chi connectivity index (χ1) is 20.9. The van der Waals surface area contributed by atoms with Crippen LogP contribution >= 0.6 is 0 Å². The highest BCUT2D eigenvalue weighted by Gasteiger charge is 2.46. The Morgan fingerprint density at radius 1 is 0.636 bits per heavy atom. The number of aromatic hydroxyl groups is 8. The van der Waals surface area contributed by atoms with Gasteiger partial charge in [0.05, 0.1) is 19.1 Å². The van der Waals surface area contributed by atoms with Gasteiger partial charge in [0.2, 0.25) is 5.75 Å². The summed E-state index contributed by atoms with van der Waals surface area (Å²) < 4.78 is 17.1. The Hall–Kier alpha value is -5.40. The highest BCUT2D eigenvalue weighted by atomic mass is 16.5. The molecule has 0 aromatic heterocycles. The van der Waals surface area contributed by atoms with Crippen molar-refractivity contribution in [3.05, 3.63) is 76.3 Å². The molecule has 230 valence electrons. The normalized spacial score (nSPS) is 22.3. The second kappa shape index (κ2) is 10.4. The number of aliphatic hydroxyl groups excluding tert-OH is 2. The van der Waals surface area contributed by atoms with Gasteiger partial charge < -0.3 is 65.3 Å². The van der Waals surface area contributed by atoms with E-state index in [4.69, 9.17) is 14.2 Å². The maximum Gasteiger partial charge on any atom is 0.202 e. The molecule has 0 bridgehead atoms. The molecule has 4 aromatic rings. The van der Waals surface area contributed by atoms with Gasteiger partial charge in [-0.15, -0.1) is 0 Å². The number of hydrogen-bond donors (Lipinski definition) is 10. The van der Waals surface area contributed by atoms with Crippen molar-refractivity contribution in [1.29, 1.82) is 0 Å². The van der Waals surface area contributed by atoms with Crippen molar-refractivity contribution in [3.63, 3.8) is 0 Å². The minimum absolute atomic E-state index is 0.0521. The zero-order valence-electron chi connectivity index (χ0n) is 22.9. The number of phenolic OH excluding ortho intramolecular Hbond substituents is 8. The zero-order valence-corrected chi connectivity index (χ0v) is 22.9. The molecule has 0 fully saturated rings. The fourth-order valence-electron chi connectivity index (χ4n) is 5.98. The van der Waals surface area contributed by atoms with E-state index in [0.29, 0.717) is 0 Å². The molecule has 5 atom stereocenters. The van der Waals surface area contributed by atoms with E-state index in [2.05, 4.69) is 0 Å². The van der Waals surface area contributed by atoms with Crippen molar-refractivity contribution in [2.24, 2.45) is 0 Å². The Bertz CT molecular complexity index is 1760. The minimum atomic E-state index is -1.62. The van der Waals surface area contributed by atoms with Crippen molar-refractivity contribution < 1.29 is 65.3 Å². The summed E-state index contributed by atoms with van der Waals surface area (Å²) in [6.45, 7) is 0. The van der Waals surface area contributed by atoms with E-state index in [0.717, 1.165) is 18.2 Å². The summed E-state index contributed by atoms with van der Waals surface area (Å²) in [5, 5.41) is 107. The van der Waals surface area contributed by atoms with Gasteiger partial charge in [-0.05, 0) is 29.8 Å². The van der Waals surface area contributed by atoms with E-state index >= 15 is 0 Å². The first-order valence-electron chi connectivity index (χ1n) is 13.3. The van der Waals surface area contributed by atoms with Crippen LogP contribution in [0.15, 0.2) is 48.5 Å². The SMILES string of the molecule is COc1c(O)cc([C@H]2Oc3c(c(O)cc(O)c3[C@H]3c4c(O)cc(O)cc4O[C@H](c4ccc(O)c(O)c4)[C@@H]3O)C[C@@H]2O)cc1O. The number of hydrogen-bond acceptors (Lipinski definition) is 13. The van der Waals surface area contributed by atoms with Crippen molar-refractivity contribution in [2.75, 3.05) is 7.11 Å². The second-order valence-corrected chi connectivity index (χ2v) is 10.7. The van der Waals surface area contributed by atoms with Crippen molar-refractivity contribution in [1.82, 2.24) is 0 Å². The number of methoxy groups -OCH3 is 1. The van der Waals surface area contributed by atoms with Gasteiger partial charge in [0.15, 0.2) is 35.2 Å². The summed E-state index contributed by atoms with van der Waals surface area (Å²) in [6.07, 6.45) is -5.72. The van der Waals surface area contributed by atoms with E-state index < -0.39 is 70.6 Å². The van der Waals surface area contributed by atoms with Gasteiger partial charge in [-0.3, -0.25) is 0 Å². The molecule has 0 radical (unpaired) electrons. The summed E-state index contributed by atoms with van der Waals surface area (Å²) in [4.78, 5) is 0. The molecule has 0 amide bonds. The van der Waals surface area contributed by atoms with Crippen LogP contribution in [-0.4, -0.2) is 70.4 Å². The lowest BCUT2D eigenvalue weighted by atomic mass is 9.77. The van der Waals surface area contributed by atoms with Crippen LogP contribution in [0.2, 0.25) is 0 Å². The summed E-state index contributed by atoms with van der Waals surface area (Å²) in [6, 6.07) is 9.32. The maximum atomic E-state index is 11.8. The van der Waals surface area contributed by atoms with E-state index in [1.54, 1.807) is 0 Å². The number of fused-ring (bicyclic) bond motifs is 2. The Morgan fingerprint density at radius 3 is 1.95 bits per heavy atom. The smallest absolute Gasteiger partial charge is 0.202 e. The van der Waals surface area contributed by atoms with Crippen LogP contribution in [-0.2, 0) is 6.42 Å². The number of aliphatic hydroxyl groups is 2. The molecule has 44 heavy (non-hydrogen) atoms. The molecule has 13 nitrogen and oxygen atoms in total. The first-order valence-corrected chi connectivity index (χ1v) is 13.3. The Morgan fingerprint density at radius 2 is 1.30 bits per heavy atom. The molecule has 4 aromatic carbocycles. The summed E-state index contributed by atoms with van der Waals surface area (Å²) in [5.74, 6) is -5.51. The molecule has 2 aliphatic heterocycles. The van der Waals surface area contributed by atoms with Gasteiger partial charge in [-0.1, -0.05) is 6.07 Å². The summed E-state index contributed by atoms with van der Waals surface area (Å²) >= 11 is 0. The van der Waals surface area contributed by atoms with E-state index in [9.17, 15) is 51.1 Å². The maximum absolute atomic E-state index is 11.8. The Kier molecular flexibility index (Phi) is 6.78. The number of benzene rings is 4. The Labute approximate surface area is 248 Å². The van der Waals surface area contributed by atoms with Crippen molar-refractivity contribution in [3.8, 4) is 63.2 Å². The quantitative estimate of drug-likeness (QED) is 0.150. The summed E-state index contributed by atoms with van der Waals surface area (Å²) in [7, 11) is 1.24. The van der Waals surface area contributed by atoms with Crippen LogP contribution in [0.1, 0.15) is 45.9 Å².